The van der Waals surface area contributed by atoms with Crippen molar-refractivity contribution in [1.29, 1.82) is 0 Å². The lowest BCUT2D eigenvalue weighted by molar-refractivity contribution is 0.338. The molecule has 1 aromatic heterocycles. The van der Waals surface area contributed by atoms with Crippen LogP contribution in [0.3, 0.4) is 0 Å². The van der Waals surface area contributed by atoms with E-state index in [9.17, 15) is 8.42 Å². The van der Waals surface area contributed by atoms with Gasteiger partial charge >= 0.3 is 0 Å². The third-order valence-corrected chi connectivity index (χ3v) is 2.39. The van der Waals surface area contributed by atoms with Gasteiger partial charge in [-0.05, 0) is 6.92 Å². The van der Waals surface area contributed by atoms with E-state index in [1.807, 2.05) is 0 Å². The lowest BCUT2D eigenvalue weighted by atomic mass is 10.5. The van der Waals surface area contributed by atoms with Crippen LogP contribution >= 0.6 is 0 Å². The Morgan fingerprint density at radius 2 is 1.93 bits per heavy atom. The van der Waals surface area contributed by atoms with Crippen molar-refractivity contribution in [3.63, 3.8) is 0 Å². The zero-order chi connectivity index (χ0) is 10.6. The summed E-state index contributed by atoms with van der Waals surface area (Å²) in [4.78, 5) is 7.82. The van der Waals surface area contributed by atoms with Crippen molar-refractivity contribution in [3.05, 3.63) is 18.2 Å². The quantitative estimate of drug-likeness (QED) is 0.719. The number of aryl methyl sites for hydroxylation is 1. The van der Waals surface area contributed by atoms with Crippen LogP contribution in [0.15, 0.2) is 12.4 Å². The maximum absolute atomic E-state index is 10.8. The maximum Gasteiger partial charge on any atom is 0.155 e. The smallest absolute Gasteiger partial charge is 0.155 e. The average Bonchev–Trinajstić information content (AvgIpc) is 2.06. The van der Waals surface area contributed by atoms with E-state index in [2.05, 4.69) is 9.97 Å². The summed E-state index contributed by atoms with van der Waals surface area (Å²) in [6.45, 7) is 1.89. The van der Waals surface area contributed by atoms with Gasteiger partial charge in [-0.3, -0.25) is 0 Å². The Morgan fingerprint density at radius 1 is 1.36 bits per heavy atom. The Bertz CT molecular complexity index is 386. The molecule has 0 aliphatic carbocycles. The van der Waals surface area contributed by atoms with Gasteiger partial charge in [-0.1, -0.05) is 0 Å². The molecule has 0 unspecified atom stereocenters. The van der Waals surface area contributed by atoms with Gasteiger partial charge in [0.25, 0.3) is 0 Å². The number of ether oxygens (including phenoxy) is 1. The second-order valence-electron chi connectivity index (χ2n) is 2.94. The van der Waals surface area contributed by atoms with Crippen molar-refractivity contribution in [2.75, 3.05) is 18.6 Å². The Morgan fingerprint density at radius 3 is 2.43 bits per heavy atom. The SMILES string of the molecule is Cc1ncc(OCCS(C)(=O)=O)cn1. The van der Waals surface area contributed by atoms with Gasteiger partial charge in [0.15, 0.2) is 15.6 Å². The highest BCUT2D eigenvalue weighted by Crippen LogP contribution is 2.05. The molecule has 78 valence electrons. The highest BCUT2D eigenvalue weighted by atomic mass is 32.2. The Labute approximate surface area is 83.1 Å². The van der Waals surface area contributed by atoms with Gasteiger partial charge in [-0.2, -0.15) is 0 Å². The van der Waals surface area contributed by atoms with E-state index in [4.69, 9.17) is 4.74 Å². The lowest BCUT2D eigenvalue weighted by Gasteiger charge is -2.03. The molecule has 1 aromatic rings. The summed E-state index contributed by atoms with van der Waals surface area (Å²) < 4.78 is 26.7. The molecule has 0 aromatic carbocycles. The van der Waals surface area contributed by atoms with Crippen LogP contribution in [0.5, 0.6) is 5.75 Å². The molecule has 6 heteroatoms. The number of hydrogen-bond donors (Lipinski definition) is 0. The Hall–Kier alpha value is -1.17. The van der Waals surface area contributed by atoms with E-state index in [0.29, 0.717) is 11.6 Å². The number of hydrogen-bond acceptors (Lipinski definition) is 5. The maximum atomic E-state index is 10.8. The molecule has 1 heterocycles. The molecule has 0 saturated carbocycles. The second-order valence-corrected chi connectivity index (χ2v) is 5.20. The standard InChI is InChI=1S/C8H12N2O3S/c1-7-9-5-8(6-10-7)13-3-4-14(2,11)12/h5-6H,3-4H2,1-2H3. The van der Waals surface area contributed by atoms with Gasteiger partial charge < -0.3 is 4.74 Å². The minimum atomic E-state index is -2.97. The first-order chi connectivity index (χ1) is 6.47. The highest BCUT2D eigenvalue weighted by Gasteiger charge is 2.02. The molecule has 0 bridgehead atoms. The van der Waals surface area contributed by atoms with Crippen molar-refractivity contribution in [1.82, 2.24) is 9.97 Å². The summed E-state index contributed by atoms with van der Waals surface area (Å²) in [7, 11) is -2.97. The summed E-state index contributed by atoms with van der Waals surface area (Å²) in [6.07, 6.45) is 4.21. The number of nitrogens with zero attached hydrogens (tertiary/aromatic N) is 2. The summed E-state index contributed by atoms with van der Waals surface area (Å²) in [5.74, 6) is 1.14. The topological polar surface area (TPSA) is 69.2 Å². The summed E-state index contributed by atoms with van der Waals surface area (Å²) >= 11 is 0. The van der Waals surface area contributed by atoms with E-state index >= 15 is 0 Å². The van der Waals surface area contributed by atoms with Gasteiger partial charge in [-0.15, -0.1) is 0 Å². The minimum Gasteiger partial charge on any atom is -0.489 e. The average molecular weight is 216 g/mol. The highest BCUT2D eigenvalue weighted by molar-refractivity contribution is 7.90. The zero-order valence-corrected chi connectivity index (χ0v) is 8.91. The van der Waals surface area contributed by atoms with E-state index in [0.717, 1.165) is 0 Å². The van der Waals surface area contributed by atoms with Crippen molar-refractivity contribution >= 4 is 9.84 Å². The van der Waals surface area contributed by atoms with Crippen molar-refractivity contribution in [3.8, 4) is 5.75 Å². The van der Waals surface area contributed by atoms with E-state index < -0.39 is 9.84 Å². The first kappa shape index (κ1) is 10.9. The molecule has 0 N–H and O–H groups in total. The van der Waals surface area contributed by atoms with Crippen LogP contribution in [0.4, 0.5) is 0 Å². The molecule has 0 amide bonds. The number of aromatic nitrogens is 2. The van der Waals surface area contributed by atoms with E-state index in [1.165, 1.54) is 18.6 Å². The predicted octanol–water partition coefficient (Wildman–Crippen LogP) is 0.208. The van der Waals surface area contributed by atoms with Gasteiger partial charge in [0.1, 0.15) is 12.4 Å². The molecule has 0 aliphatic rings. The van der Waals surface area contributed by atoms with Crippen LogP contribution in [-0.2, 0) is 9.84 Å². The molecule has 14 heavy (non-hydrogen) atoms. The van der Waals surface area contributed by atoms with Crippen molar-refractivity contribution < 1.29 is 13.2 Å². The van der Waals surface area contributed by atoms with Gasteiger partial charge in [0.2, 0.25) is 0 Å². The fraction of sp³-hybridized carbons (Fsp3) is 0.500. The molecular formula is C8H12N2O3S. The number of rotatable bonds is 4. The molecule has 0 atom stereocenters. The second kappa shape index (κ2) is 4.36. The van der Waals surface area contributed by atoms with Crippen LogP contribution < -0.4 is 4.74 Å². The Balaban J connectivity index is 2.43. The number of sulfone groups is 1. The molecule has 0 aliphatic heterocycles. The van der Waals surface area contributed by atoms with Crippen LogP contribution in [0.2, 0.25) is 0 Å². The van der Waals surface area contributed by atoms with E-state index in [-0.39, 0.29) is 12.4 Å². The first-order valence-electron chi connectivity index (χ1n) is 4.06. The summed E-state index contributed by atoms with van der Waals surface area (Å²) in [5, 5.41) is 0. The Kier molecular flexibility index (Phi) is 3.40. The fourth-order valence-electron chi connectivity index (χ4n) is 0.766. The van der Waals surface area contributed by atoms with Gasteiger partial charge in [0.05, 0.1) is 18.1 Å². The van der Waals surface area contributed by atoms with Crippen LogP contribution in [0, 0.1) is 6.92 Å². The molecule has 0 radical (unpaired) electrons. The lowest BCUT2D eigenvalue weighted by Crippen LogP contribution is -2.12. The third-order valence-electron chi connectivity index (χ3n) is 1.48. The molecule has 0 fully saturated rings. The van der Waals surface area contributed by atoms with Gasteiger partial charge in [-0.25, -0.2) is 18.4 Å². The van der Waals surface area contributed by atoms with Crippen molar-refractivity contribution in [2.45, 2.75) is 6.92 Å². The largest absolute Gasteiger partial charge is 0.489 e. The summed E-state index contributed by atoms with van der Waals surface area (Å²) in [5.41, 5.74) is 0. The summed E-state index contributed by atoms with van der Waals surface area (Å²) in [6, 6.07) is 0. The van der Waals surface area contributed by atoms with Crippen LogP contribution in [0.1, 0.15) is 5.82 Å². The predicted molar refractivity (Wildman–Crippen MR) is 52.0 cm³/mol. The molecule has 0 spiro atoms. The third kappa shape index (κ3) is 4.18. The molecule has 1 rings (SSSR count). The first-order valence-corrected chi connectivity index (χ1v) is 6.12. The van der Waals surface area contributed by atoms with Gasteiger partial charge in [0, 0.05) is 6.26 Å². The molecular weight excluding hydrogens is 204 g/mol. The minimum absolute atomic E-state index is 0.000869. The van der Waals surface area contributed by atoms with Crippen LogP contribution in [-0.4, -0.2) is 37.0 Å². The molecule has 0 saturated heterocycles. The fourth-order valence-corrected chi connectivity index (χ4v) is 1.15. The zero-order valence-electron chi connectivity index (χ0n) is 8.10. The van der Waals surface area contributed by atoms with Crippen molar-refractivity contribution in [2.24, 2.45) is 0 Å². The molecule has 5 nitrogen and oxygen atoms in total. The normalized spacial score (nSPS) is 11.3. The monoisotopic (exact) mass is 216 g/mol. The van der Waals surface area contributed by atoms with E-state index in [1.54, 1.807) is 6.92 Å². The van der Waals surface area contributed by atoms with Crippen LogP contribution in [0.25, 0.3) is 0 Å².